The zero-order valence-electron chi connectivity index (χ0n) is 19.5. The van der Waals surface area contributed by atoms with E-state index in [9.17, 15) is 14.4 Å². The lowest BCUT2D eigenvalue weighted by Gasteiger charge is -2.14. The summed E-state index contributed by atoms with van der Waals surface area (Å²) in [6.07, 6.45) is -0.678. The second-order valence-corrected chi connectivity index (χ2v) is 7.86. The van der Waals surface area contributed by atoms with Gasteiger partial charge in [0, 0.05) is 23.7 Å². The number of anilines is 3. The minimum atomic E-state index is -0.678. The highest BCUT2D eigenvalue weighted by atomic mass is 16.5. The van der Waals surface area contributed by atoms with Crippen LogP contribution in [-0.4, -0.2) is 22.9 Å². The Morgan fingerprint density at radius 1 is 0.750 bits per heavy atom. The number of rotatable bonds is 7. The van der Waals surface area contributed by atoms with Gasteiger partial charge in [0.05, 0.1) is 11.4 Å². The minimum Gasteiger partial charge on any atom is -0.444 e. The molecule has 0 aliphatic rings. The first-order valence-electron chi connectivity index (χ1n) is 11.2. The number of nitrogens with one attached hydrogen (secondary N) is 3. The van der Waals surface area contributed by atoms with Crippen LogP contribution in [0.1, 0.15) is 22.8 Å². The van der Waals surface area contributed by atoms with Crippen LogP contribution in [0.3, 0.4) is 0 Å². The molecule has 1 heterocycles. The molecule has 8 heteroatoms. The Hall–Kier alpha value is -4.98. The Labute approximate surface area is 208 Å². The predicted octanol–water partition coefficient (Wildman–Crippen LogP) is 5.71. The SMILES string of the molecule is CC(=O)Nc1ccc(C(=O)Nc2nc(-c3ccccc3)ccc2NC(=O)OCc2ccccc2)cc1. The van der Waals surface area contributed by atoms with Crippen molar-refractivity contribution >= 4 is 35.1 Å². The van der Waals surface area contributed by atoms with Gasteiger partial charge in [-0.05, 0) is 42.0 Å². The van der Waals surface area contributed by atoms with Gasteiger partial charge in [-0.25, -0.2) is 9.78 Å². The van der Waals surface area contributed by atoms with Crippen molar-refractivity contribution in [2.45, 2.75) is 13.5 Å². The molecule has 0 bridgehead atoms. The average molecular weight is 481 g/mol. The molecule has 0 spiro atoms. The third kappa shape index (κ3) is 6.54. The number of nitrogens with zero attached hydrogens (tertiary/aromatic N) is 1. The molecule has 0 atom stereocenters. The molecule has 8 nitrogen and oxygen atoms in total. The molecule has 180 valence electrons. The molecule has 0 aliphatic heterocycles. The fraction of sp³-hybridized carbons (Fsp3) is 0.0714. The number of aromatic nitrogens is 1. The topological polar surface area (TPSA) is 109 Å². The van der Waals surface area contributed by atoms with Gasteiger partial charge in [0.25, 0.3) is 5.91 Å². The number of hydrogen-bond acceptors (Lipinski definition) is 5. The van der Waals surface area contributed by atoms with E-state index in [0.29, 0.717) is 16.9 Å². The van der Waals surface area contributed by atoms with E-state index >= 15 is 0 Å². The van der Waals surface area contributed by atoms with Gasteiger partial charge in [-0.1, -0.05) is 60.7 Å². The summed E-state index contributed by atoms with van der Waals surface area (Å²) in [5.41, 5.74) is 3.54. The van der Waals surface area contributed by atoms with Gasteiger partial charge in [0.15, 0.2) is 5.82 Å². The van der Waals surface area contributed by atoms with Crippen LogP contribution in [-0.2, 0) is 16.1 Å². The van der Waals surface area contributed by atoms with Gasteiger partial charge < -0.3 is 15.4 Å². The first-order chi connectivity index (χ1) is 17.5. The van der Waals surface area contributed by atoms with Crippen LogP contribution in [0.2, 0.25) is 0 Å². The van der Waals surface area contributed by atoms with Crippen molar-refractivity contribution < 1.29 is 19.1 Å². The second-order valence-electron chi connectivity index (χ2n) is 7.86. The zero-order chi connectivity index (χ0) is 25.3. The van der Waals surface area contributed by atoms with Crippen LogP contribution in [0.5, 0.6) is 0 Å². The molecule has 3 N–H and O–H groups in total. The highest BCUT2D eigenvalue weighted by Crippen LogP contribution is 2.26. The van der Waals surface area contributed by atoms with Crippen molar-refractivity contribution in [2.75, 3.05) is 16.0 Å². The van der Waals surface area contributed by atoms with Crippen molar-refractivity contribution in [2.24, 2.45) is 0 Å². The molecule has 0 saturated heterocycles. The minimum absolute atomic E-state index is 0.102. The van der Waals surface area contributed by atoms with E-state index in [2.05, 4.69) is 20.9 Å². The lowest BCUT2D eigenvalue weighted by atomic mass is 10.1. The van der Waals surface area contributed by atoms with Gasteiger partial charge >= 0.3 is 6.09 Å². The second kappa shape index (κ2) is 11.4. The maximum Gasteiger partial charge on any atom is 0.412 e. The molecule has 3 amide bonds. The summed E-state index contributed by atoms with van der Waals surface area (Å²) in [6, 6.07) is 28.6. The summed E-state index contributed by atoms with van der Waals surface area (Å²) in [5, 5.41) is 8.09. The van der Waals surface area contributed by atoms with E-state index in [1.54, 1.807) is 36.4 Å². The van der Waals surface area contributed by atoms with Gasteiger partial charge in [0.2, 0.25) is 5.91 Å². The number of hydrogen-bond donors (Lipinski definition) is 3. The largest absolute Gasteiger partial charge is 0.444 e. The van der Waals surface area contributed by atoms with Crippen molar-refractivity contribution in [1.82, 2.24) is 4.98 Å². The number of carbonyl (C=O) groups is 3. The lowest BCUT2D eigenvalue weighted by Crippen LogP contribution is -2.18. The molecule has 0 fully saturated rings. The Balaban J connectivity index is 1.54. The van der Waals surface area contributed by atoms with Gasteiger partial charge in [-0.2, -0.15) is 0 Å². The third-order valence-electron chi connectivity index (χ3n) is 5.11. The first-order valence-corrected chi connectivity index (χ1v) is 11.2. The Morgan fingerprint density at radius 2 is 1.42 bits per heavy atom. The summed E-state index contributed by atoms with van der Waals surface area (Å²) in [6.45, 7) is 1.51. The number of benzene rings is 3. The number of carbonyl (C=O) groups excluding carboxylic acids is 3. The molecule has 1 aromatic heterocycles. The Kier molecular flexibility index (Phi) is 7.67. The number of amides is 3. The van der Waals surface area contributed by atoms with Gasteiger partial charge in [0.1, 0.15) is 6.61 Å². The summed E-state index contributed by atoms with van der Waals surface area (Å²) < 4.78 is 5.31. The summed E-state index contributed by atoms with van der Waals surface area (Å²) >= 11 is 0. The number of pyridine rings is 1. The highest BCUT2D eigenvalue weighted by Gasteiger charge is 2.15. The Morgan fingerprint density at radius 3 is 2.08 bits per heavy atom. The van der Waals surface area contributed by atoms with Gasteiger partial charge in [-0.15, -0.1) is 0 Å². The quantitative estimate of drug-likeness (QED) is 0.314. The monoisotopic (exact) mass is 480 g/mol. The summed E-state index contributed by atoms with van der Waals surface area (Å²) in [4.78, 5) is 41.2. The predicted molar refractivity (Wildman–Crippen MR) is 139 cm³/mol. The fourth-order valence-corrected chi connectivity index (χ4v) is 3.38. The van der Waals surface area contributed by atoms with Crippen molar-refractivity contribution in [3.05, 3.63) is 108 Å². The normalized spacial score (nSPS) is 10.2. The average Bonchev–Trinajstić information content (AvgIpc) is 2.89. The van der Waals surface area contributed by atoms with Crippen LogP contribution in [0.4, 0.5) is 22.0 Å². The van der Waals surface area contributed by atoms with Crippen LogP contribution in [0, 0.1) is 0 Å². The molecule has 4 rings (SSSR count). The van der Waals surface area contributed by atoms with E-state index in [-0.39, 0.29) is 24.0 Å². The van der Waals surface area contributed by atoms with Gasteiger partial charge in [-0.3, -0.25) is 14.9 Å². The molecule has 4 aromatic rings. The molecule has 0 saturated carbocycles. The van der Waals surface area contributed by atoms with E-state index in [1.165, 1.54) is 6.92 Å². The third-order valence-corrected chi connectivity index (χ3v) is 5.11. The molecule has 0 unspecified atom stereocenters. The van der Waals surface area contributed by atoms with E-state index in [0.717, 1.165) is 11.1 Å². The molecule has 36 heavy (non-hydrogen) atoms. The number of ether oxygens (including phenoxy) is 1. The van der Waals surface area contributed by atoms with E-state index in [4.69, 9.17) is 4.74 Å². The van der Waals surface area contributed by atoms with Crippen LogP contribution >= 0.6 is 0 Å². The smallest absolute Gasteiger partial charge is 0.412 e. The molecular weight excluding hydrogens is 456 g/mol. The van der Waals surface area contributed by atoms with Crippen molar-refractivity contribution in [3.63, 3.8) is 0 Å². The summed E-state index contributed by atoms with van der Waals surface area (Å²) in [5.74, 6) is -0.462. The highest BCUT2D eigenvalue weighted by molar-refractivity contribution is 6.06. The fourth-order valence-electron chi connectivity index (χ4n) is 3.38. The standard InChI is InChI=1S/C28H24N4O4/c1-19(33)29-23-14-12-22(13-15-23)27(34)32-26-25(17-16-24(30-26)21-10-6-3-7-11-21)31-28(35)36-18-20-8-4-2-5-9-20/h2-17H,18H2,1H3,(H,29,33)(H,31,35)(H,30,32,34). The maximum absolute atomic E-state index is 13.0. The maximum atomic E-state index is 13.0. The first kappa shape index (κ1) is 24.2. The van der Waals surface area contributed by atoms with Crippen molar-refractivity contribution in [3.8, 4) is 11.3 Å². The molecule has 3 aromatic carbocycles. The summed E-state index contributed by atoms with van der Waals surface area (Å²) in [7, 11) is 0. The molecule has 0 aliphatic carbocycles. The zero-order valence-corrected chi connectivity index (χ0v) is 19.5. The Bertz CT molecular complexity index is 1360. The molecule has 0 radical (unpaired) electrons. The van der Waals surface area contributed by atoms with Crippen molar-refractivity contribution in [1.29, 1.82) is 0 Å². The van der Waals surface area contributed by atoms with E-state index in [1.807, 2.05) is 60.7 Å². The lowest BCUT2D eigenvalue weighted by molar-refractivity contribution is -0.114. The van der Waals surface area contributed by atoms with Crippen LogP contribution < -0.4 is 16.0 Å². The van der Waals surface area contributed by atoms with Crippen LogP contribution in [0.25, 0.3) is 11.3 Å². The van der Waals surface area contributed by atoms with E-state index < -0.39 is 12.0 Å². The molecular formula is C28H24N4O4. The van der Waals surface area contributed by atoms with Crippen LogP contribution in [0.15, 0.2) is 97.1 Å².